The molecule has 11 heteroatoms. The van der Waals surface area contributed by atoms with Gasteiger partial charge in [-0.3, -0.25) is 9.69 Å². The molecule has 1 aliphatic rings. The van der Waals surface area contributed by atoms with Gasteiger partial charge in [0.25, 0.3) is 5.56 Å². The second-order valence-corrected chi connectivity index (χ2v) is 11.2. The van der Waals surface area contributed by atoms with Crippen LogP contribution in [0.2, 0.25) is 0 Å². The molecule has 4 heterocycles. The number of rotatable bonds is 5. The highest BCUT2D eigenvalue weighted by Gasteiger charge is 2.28. The van der Waals surface area contributed by atoms with E-state index in [0.29, 0.717) is 48.8 Å². The second kappa shape index (κ2) is 8.49. The minimum atomic E-state index is -3.66. The molecule has 5 rings (SSSR count). The molecule has 0 radical (unpaired) electrons. The third-order valence-electron chi connectivity index (χ3n) is 5.44. The molecule has 1 aromatic carbocycles. The number of sulfonamides is 1. The Balaban J connectivity index is 1.29. The van der Waals surface area contributed by atoms with Crippen LogP contribution in [0.3, 0.4) is 0 Å². The van der Waals surface area contributed by atoms with E-state index in [0.717, 1.165) is 22.6 Å². The molecule has 0 aliphatic carbocycles. The first-order chi connectivity index (χ1) is 15.4. The van der Waals surface area contributed by atoms with Crippen molar-refractivity contribution in [3.05, 3.63) is 69.2 Å². The fraction of sp³-hybridized carbons (Fsp3) is 0.238. The molecule has 3 aromatic heterocycles. The number of nitrogens with one attached hydrogen (secondary N) is 1. The van der Waals surface area contributed by atoms with Gasteiger partial charge in [0, 0.05) is 42.0 Å². The minimum absolute atomic E-state index is 0.0861. The van der Waals surface area contributed by atoms with Gasteiger partial charge in [0.05, 0.1) is 16.8 Å². The second-order valence-electron chi connectivity index (χ2n) is 7.45. The topological polar surface area (TPSA) is 86.4 Å². The number of thiophene rings is 2. The largest absolute Gasteiger partial charge is 0.309 e. The van der Waals surface area contributed by atoms with E-state index in [1.165, 1.54) is 27.8 Å². The van der Waals surface area contributed by atoms with Gasteiger partial charge in [0.15, 0.2) is 0 Å². The molecular formula is C21H19FN4O3S3. The zero-order valence-corrected chi connectivity index (χ0v) is 19.3. The van der Waals surface area contributed by atoms with E-state index >= 15 is 0 Å². The molecule has 0 spiro atoms. The number of piperazine rings is 1. The van der Waals surface area contributed by atoms with E-state index < -0.39 is 15.8 Å². The molecule has 1 aliphatic heterocycles. The number of aromatic amines is 1. The predicted octanol–water partition coefficient (Wildman–Crippen LogP) is 3.36. The zero-order chi connectivity index (χ0) is 22.3. The molecule has 0 saturated carbocycles. The van der Waals surface area contributed by atoms with Gasteiger partial charge in [0.1, 0.15) is 16.5 Å². The van der Waals surface area contributed by atoms with Crippen LogP contribution in [0.4, 0.5) is 4.39 Å². The van der Waals surface area contributed by atoms with Crippen LogP contribution in [0.15, 0.2) is 56.8 Å². The lowest BCUT2D eigenvalue weighted by Gasteiger charge is -2.33. The van der Waals surface area contributed by atoms with Crippen molar-refractivity contribution < 1.29 is 12.8 Å². The molecule has 1 saturated heterocycles. The standard InChI is InChI=1S/C21H19FN4O3S3/c22-14-3-5-15(6-4-14)32(28,29)26-9-7-25(8-10-26)12-18-23-20(27)19-16(13-31-21(19)24-18)17-2-1-11-30-17/h1-6,11,13H,7-10,12H2,(H,23,24,27). The van der Waals surface area contributed by atoms with Crippen molar-refractivity contribution in [3.8, 4) is 10.4 Å². The smallest absolute Gasteiger partial charge is 0.260 e. The maximum absolute atomic E-state index is 13.1. The first-order valence-electron chi connectivity index (χ1n) is 9.94. The summed E-state index contributed by atoms with van der Waals surface area (Å²) in [6, 6.07) is 8.80. The molecule has 1 fully saturated rings. The lowest BCUT2D eigenvalue weighted by molar-refractivity contribution is 0.178. The summed E-state index contributed by atoms with van der Waals surface area (Å²) >= 11 is 3.03. The summed E-state index contributed by atoms with van der Waals surface area (Å²) in [7, 11) is -3.66. The SMILES string of the molecule is O=c1[nH]c(CN2CCN(S(=O)(=O)c3ccc(F)cc3)CC2)nc2scc(-c3cccs3)c12. The third-order valence-corrected chi connectivity index (χ3v) is 9.12. The fourth-order valence-corrected chi connectivity index (χ4v) is 6.98. The number of H-pyrrole nitrogens is 1. The lowest BCUT2D eigenvalue weighted by atomic mass is 10.2. The number of hydrogen-bond donors (Lipinski definition) is 1. The van der Waals surface area contributed by atoms with Crippen LogP contribution in [0.5, 0.6) is 0 Å². The summed E-state index contributed by atoms with van der Waals surface area (Å²) in [6.07, 6.45) is 0. The summed E-state index contributed by atoms with van der Waals surface area (Å²) in [5.74, 6) is 0.0948. The maximum Gasteiger partial charge on any atom is 0.260 e. The van der Waals surface area contributed by atoms with Crippen molar-refractivity contribution in [2.75, 3.05) is 26.2 Å². The fourth-order valence-electron chi connectivity index (χ4n) is 3.78. The van der Waals surface area contributed by atoms with Gasteiger partial charge in [-0.2, -0.15) is 4.31 Å². The molecular weight excluding hydrogens is 471 g/mol. The Morgan fingerprint density at radius 1 is 1.06 bits per heavy atom. The highest BCUT2D eigenvalue weighted by molar-refractivity contribution is 7.89. The van der Waals surface area contributed by atoms with E-state index in [-0.39, 0.29) is 10.5 Å². The van der Waals surface area contributed by atoms with Crippen molar-refractivity contribution in [2.45, 2.75) is 11.4 Å². The highest BCUT2D eigenvalue weighted by atomic mass is 32.2. The van der Waals surface area contributed by atoms with E-state index in [1.807, 2.05) is 22.9 Å². The van der Waals surface area contributed by atoms with E-state index in [9.17, 15) is 17.6 Å². The molecule has 0 atom stereocenters. The molecule has 7 nitrogen and oxygen atoms in total. The Bertz CT molecular complexity index is 1410. The minimum Gasteiger partial charge on any atom is -0.309 e. The van der Waals surface area contributed by atoms with Crippen LogP contribution in [-0.2, 0) is 16.6 Å². The Kier molecular flexibility index (Phi) is 5.68. The molecule has 32 heavy (non-hydrogen) atoms. The van der Waals surface area contributed by atoms with Gasteiger partial charge in [-0.05, 0) is 35.7 Å². The highest BCUT2D eigenvalue weighted by Crippen LogP contribution is 2.33. The number of nitrogens with zero attached hydrogens (tertiary/aromatic N) is 3. The van der Waals surface area contributed by atoms with Gasteiger partial charge in [0.2, 0.25) is 10.0 Å². The Labute approximate surface area is 191 Å². The van der Waals surface area contributed by atoms with Gasteiger partial charge in [-0.1, -0.05) is 6.07 Å². The summed E-state index contributed by atoms with van der Waals surface area (Å²) in [6.45, 7) is 2.07. The first-order valence-corrected chi connectivity index (χ1v) is 13.1. The van der Waals surface area contributed by atoms with Crippen LogP contribution in [0.25, 0.3) is 20.7 Å². The molecule has 0 bridgehead atoms. The summed E-state index contributed by atoms with van der Waals surface area (Å²) in [4.78, 5) is 24.2. The average Bonchev–Trinajstić information content (AvgIpc) is 3.44. The Hall–Kier alpha value is -2.44. The van der Waals surface area contributed by atoms with Crippen LogP contribution in [-0.4, -0.2) is 53.8 Å². The average molecular weight is 491 g/mol. The van der Waals surface area contributed by atoms with Gasteiger partial charge >= 0.3 is 0 Å². The van der Waals surface area contributed by atoms with Gasteiger partial charge in [-0.15, -0.1) is 22.7 Å². The quantitative estimate of drug-likeness (QED) is 0.464. The van der Waals surface area contributed by atoms with E-state index in [4.69, 9.17) is 0 Å². The van der Waals surface area contributed by atoms with Crippen molar-refractivity contribution in [3.63, 3.8) is 0 Å². The van der Waals surface area contributed by atoms with Crippen molar-refractivity contribution >= 4 is 42.9 Å². The third kappa shape index (κ3) is 4.02. The van der Waals surface area contributed by atoms with Crippen LogP contribution < -0.4 is 5.56 Å². The summed E-state index contributed by atoms with van der Waals surface area (Å²) in [5.41, 5.74) is 0.743. The molecule has 1 N–H and O–H groups in total. The number of halogens is 1. The predicted molar refractivity (Wildman–Crippen MR) is 124 cm³/mol. The molecule has 0 unspecified atom stereocenters. The summed E-state index contributed by atoms with van der Waals surface area (Å²) in [5, 5.41) is 4.54. The van der Waals surface area contributed by atoms with Crippen LogP contribution >= 0.6 is 22.7 Å². The molecule has 4 aromatic rings. The number of benzene rings is 1. The molecule has 166 valence electrons. The Morgan fingerprint density at radius 2 is 1.81 bits per heavy atom. The van der Waals surface area contributed by atoms with Crippen molar-refractivity contribution in [1.29, 1.82) is 0 Å². The first kappa shape index (κ1) is 21.4. The Morgan fingerprint density at radius 3 is 2.50 bits per heavy atom. The summed E-state index contributed by atoms with van der Waals surface area (Å²) < 4.78 is 40.1. The monoisotopic (exact) mass is 490 g/mol. The van der Waals surface area contributed by atoms with Crippen molar-refractivity contribution in [1.82, 2.24) is 19.2 Å². The van der Waals surface area contributed by atoms with E-state index in [2.05, 4.69) is 14.9 Å². The van der Waals surface area contributed by atoms with Crippen molar-refractivity contribution in [2.24, 2.45) is 0 Å². The van der Waals surface area contributed by atoms with E-state index in [1.54, 1.807) is 11.3 Å². The molecule has 0 amide bonds. The zero-order valence-electron chi connectivity index (χ0n) is 16.8. The maximum atomic E-state index is 13.1. The van der Waals surface area contributed by atoms with Crippen LogP contribution in [0.1, 0.15) is 5.82 Å². The normalized spacial score (nSPS) is 16.0. The van der Waals surface area contributed by atoms with Gasteiger partial charge in [-0.25, -0.2) is 17.8 Å². The van der Waals surface area contributed by atoms with Gasteiger partial charge < -0.3 is 4.98 Å². The van der Waals surface area contributed by atoms with Crippen LogP contribution in [0, 0.1) is 5.82 Å². The lowest BCUT2D eigenvalue weighted by Crippen LogP contribution is -2.48. The number of fused-ring (bicyclic) bond motifs is 1. The number of aromatic nitrogens is 2. The number of hydrogen-bond acceptors (Lipinski definition) is 7.